The second kappa shape index (κ2) is 5.78. The zero-order valence-corrected chi connectivity index (χ0v) is 9.55. The Morgan fingerprint density at radius 2 is 1.86 bits per heavy atom. The first-order valence-electron chi connectivity index (χ1n) is 5.07. The van der Waals surface area contributed by atoms with Crippen LogP contribution in [0.5, 0.6) is 0 Å². The number of ether oxygens (including phenoxy) is 1. The van der Waals surface area contributed by atoms with Crippen molar-refractivity contribution in [3.05, 3.63) is 0 Å². The van der Waals surface area contributed by atoms with Crippen LogP contribution in [0.25, 0.3) is 0 Å². The molecule has 82 valence electrons. The van der Waals surface area contributed by atoms with Gasteiger partial charge in [0.1, 0.15) is 5.78 Å². The van der Waals surface area contributed by atoms with Crippen LogP contribution in [0.15, 0.2) is 0 Å². The molecule has 0 saturated carbocycles. The molecule has 0 rings (SSSR count). The molecule has 14 heavy (non-hydrogen) atoms. The van der Waals surface area contributed by atoms with Crippen LogP contribution in [0.1, 0.15) is 47.0 Å². The summed E-state index contributed by atoms with van der Waals surface area (Å²) in [5.41, 5.74) is -0.407. The second-order valence-corrected chi connectivity index (χ2v) is 4.18. The van der Waals surface area contributed by atoms with E-state index in [0.717, 1.165) is 6.42 Å². The van der Waals surface area contributed by atoms with Crippen molar-refractivity contribution < 1.29 is 14.3 Å². The summed E-state index contributed by atoms with van der Waals surface area (Å²) in [5, 5.41) is 0. The quantitative estimate of drug-likeness (QED) is 0.488. The van der Waals surface area contributed by atoms with Gasteiger partial charge in [0, 0.05) is 6.42 Å². The Kier molecular flexibility index (Phi) is 5.43. The summed E-state index contributed by atoms with van der Waals surface area (Å²) in [6.45, 7) is 7.57. The molecule has 0 amide bonds. The van der Waals surface area contributed by atoms with Gasteiger partial charge in [0.2, 0.25) is 0 Å². The van der Waals surface area contributed by atoms with Crippen molar-refractivity contribution in [2.75, 3.05) is 6.61 Å². The Morgan fingerprint density at radius 3 is 2.29 bits per heavy atom. The SMILES string of the molecule is CCC(C)(C)C(=O)OCCCC(C)=O. The Morgan fingerprint density at radius 1 is 1.29 bits per heavy atom. The van der Waals surface area contributed by atoms with Gasteiger partial charge in [0.05, 0.1) is 12.0 Å². The Labute approximate surface area is 85.8 Å². The normalized spacial score (nSPS) is 11.1. The van der Waals surface area contributed by atoms with Gasteiger partial charge in [-0.05, 0) is 33.6 Å². The third-order valence-electron chi connectivity index (χ3n) is 2.34. The predicted molar refractivity (Wildman–Crippen MR) is 54.9 cm³/mol. The van der Waals surface area contributed by atoms with Crippen molar-refractivity contribution in [1.29, 1.82) is 0 Å². The molecule has 0 heterocycles. The molecular formula is C11H20O3. The zero-order valence-electron chi connectivity index (χ0n) is 9.55. The first-order valence-corrected chi connectivity index (χ1v) is 5.07. The maximum atomic E-state index is 11.4. The van der Waals surface area contributed by atoms with Crippen molar-refractivity contribution >= 4 is 11.8 Å². The van der Waals surface area contributed by atoms with Gasteiger partial charge in [-0.25, -0.2) is 0 Å². The Hall–Kier alpha value is -0.860. The van der Waals surface area contributed by atoms with Gasteiger partial charge in [-0.3, -0.25) is 4.79 Å². The smallest absolute Gasteiger partial charge is 0.311 e. The highest BCUT2D eigenvalue weighted by molar-refractivity contribution is 5.76. The molecule has 0 saturated heterocycles. The molecule has 0 aliphatic carbocycles. The monoisotopic (exact) mass is 200 g/mol. The largest absolute Gasteiger partial charge is 0.465 e. The molecule has 0 aromatic rings. The lowest BCUT2D eigenvalue weighted by Gasteiger charge is -2.20. The van der Waals surface area contributed by atoms with E-state index in [1.54, 1.807) is 0 Å². The fourth-order valence-electron chi connectivity index (χ4n) is 0.826. The van der Waals surface area contributed by atoms with E-state index in [9.17, 15) is 9.59 Å². The van der Waals surface area contributed by atoms with E-state index in [1.807, 2.05) is 20.8 Å². The van der Waals surface area contributed by atoms with Crippen molar-refractivity contribution in [2.45, 2.75) is 47.0 Å². The number of rotatable bonds is 6. The molecule has 0 N–H and O–H groups in total. The second-order valence-electron chi connectivity index (χ2n) is 4.18. The van der Waals surface area contributed by atoms with Crippen LogP contribution in [0.2, 0.25) is 0 Å². The fraction of sp³-hybridized carbons (Fsp3) is 0.818. The molecule has 0 aromatic carbocycles. The summed E-state index contributed by atoms with van der Waals surface area (Å²) < 4.78 is 5.06. The van der Waals surface area contributed by atoms with Gasteiger partial charge in [-0.1, -0.05) is 6.92 Å². The molecule has 0 aromatic heterocycles. The predicted octanol–water partition coefficient (Wildman–Crippen LogP) is 2.33. The number of carbonyl (C=O) groups excluding carboxylic acids is 2. The van der Waals surface area contributed by atoms with Crippen molar-refractivity contribution in [2.24, 2.45) is 5.41 Å². The zero-order chi connectivity index (χ0) is 11.2. The topological polar surface area (TPSA) is 43.4 Å². The first kappa shape index (κ1) is 13.1. The Bertz CT molecular complexity index is 207. The molecule has 0 bridgehead atoms. The van der Waals surface area contributed by atoms with Gasteiger partial charge in [-0.2, -0.15) is 0 Å². The molecule has 0 aliphatic rings. The lowest BCUT2D eigenvalue weighted by Crippen LogP contribution is -2.26. The van der Waals surface area contributed by atoms with Crippen molar-refractivity contribution in [3.63, 3.8) is 0 Å². The lowest BCUT2D eigenvalue weighted by atomic mass is 9.91. The van der Waals surface area contributed by atoms with Gasteiger partial charge < -0.3 is 9.53 Å². The first-order chi connectivity index (χ1) is 6.40. The van der Waals surface area contributed by atoms with Crippen LogP contribution in [0.3, 0.4) is 0 Å². The number of hydrogen-bond donors (Lipinski definition) is 0. The van der Waals surface area contributed by atoms with E-state index >= 15 is 0 Å². The summed E-state index contributed by atoms with van der Waals surface area (Å²) in [6.07, 6.45) is 1.87. The molecular weight excluding hydrogens is 180 g/mol. The van der Waals surface area contributed by atoms with Crippen LogP contribution in [-0.2, 0) is 14.3 Å². The van der Waals surface area contributed by atoms with Crippen LogP contribution < -0.4 is 0 Å². The van der Waals surface area contributed by atoms with Gasteiger partial charge in [-0.15, -0.1) is 0 Å². The standard InChI is InChI=1S/C11H20O3/c1-5-11(3,4)10(13)14-8-6-7-9(2)12/h5-8H2,1-4H3. The molecule has 0 aliphatic heterocycles. The molecule has 0 fully saturated rings. The van der Waals surface area contributed by atoms with Crippen molar-refractivity contribution in [3.8, 4) is 0 Å². The highest BCUT2D eigenvalue weighted by Crippen LogP contribution is 2.21. The molecule has 0 unspecified atom stereocenters. The summed E-state index contributed by atoms with van der Waals surface area (Å²) in [7, 11) is 0. The minimum Gasteiger partial charge on any atom is -0.465 e. The number of ketones is 1. The molecule has 0 spiro atoms. The summed E-state index contributed by atoms with van der Waals surface area (Å²) >= 11 is 0. The average Bonchev–Trinajstić information content (AvgIpc) is 2.11. The molecule has 0 atom stereocenters. The van der Waals surface area contributed by atoms with Gasteiger partial charge >= 0.3 is 5.97 Å². The number of Topliss-reactive ketones (excluding diaryl/α,β-unsaturated/α-hetero) is 1. The Balaban J connectivity index is 3.70. The minimum atomic E-state index is -0.407. The fourth-order valence-corrected chi connectivity index (χ4v) is 0.826. The average molecular weight is 200 g/mol. The van der Waals surface area contributed by atoms with Gasteiger partial charge in [0.25, 0.3) is 0 Å². The lowest BCUT2D eigenvalue weighted by molar-refractivity contribution is -0.154. The number of carbonyl (C=O) groups is 2. The number of esters is 1. The maximum Gasteiger partial charge on any atom is 0.311 e. The molecule has 3 heteroatoms. The van der Waals surface area contributed by atoms with E-state index in [2.05, 4.69) is 0 Å². The van der Waals surface area contributed by atoms with Crippen LogP contribution in [0.4, 0.5) is 0 Å². The maximum absolute atomic E-state index is 11.4. The van der Waals surface area contributed by atoms with E-state index in [-0.39, 0.29) is 11.8 Å². The summed E-state index contributed by atoms with van der Waals surface area (Å²) in [6, 6.07) is 0. The van der Waals surface area contributed by atoms with E-state index in [4.69, 9.17) is 4.74 Å². The third-order valence-corrected chi connectivity index (χ3v) is 2.34. The van der Waals surface area contributed by atoms with E-state index < -0.39 is 5.41 Å². The minimum absolute atomic E-state index is 0.135. The van der Waals surface area contributed by atoms with Gasteiger partial charge in [0.15, 0.2) is 0 Å². The van der Waals surface area contributed by atoms with Crippen molar-refractivity contribution in [1.82, 2.24) is 0 Å². The van der Waals surface area contributed by atoms with E-state index in [0.29, 0.717) is 19.4 Å². The third kappa shape index (κ3) is 5.00. The van der Waals surface area contributed by atoms with Crippen LogP contribution in [0, 0.1) is 5.41 Å². The molecule has 0 radical (unpaired) electrons. The highest BCUT2D eigenvalue weighted by atomic mass is 16.5. The van der Waals surface area contributed by atoms with Crippen LogP contribution >= 0.6 is 0 Å². The van der Waals surface area contributed by atoms with E-state index in [1.165, 1.54) is 6.92 Å². The van der Waals surface area contributed by atoms with Crippen LogP contribution in [-0.4, -0.2) is 18.4 Å². The number of hydrogen-bond acceptors (Lipinski definition) is 3. The summed E-state index contributed by atoms with van der Waals surface area (Å²) in [5.74, 6) is -0.0423. The summed E-state index contributed by atoms with van der Waals surface area (Å²) in [4.78, 5) is 22.0. The molecule has 3 nitrogen and oxygen atoms in total. The highest BCUT2D eigenvalue weighted by Gasteiger charge is 2.26.